The standard InChI is InChI=1S/C13H16ClFN2O/c1-2-12-13(18)17(6-5-16-12)8-9-7-10(15)3-4-11(9)14/h3-4,7,12,16H,2,5-6,8H2,1H3. The Labute approximate surface area is 111 Å². The van der Waals surface area contributed by atoms with Crippen LogP contribution >= 0.6 is 11.6 Å². The zero-order chi connectivity index (χ0) is 13.1. The number of hydrogen-bond acceptors (Lipinski definition) is 2. The maximum Gasteiger partial charge on any atom is 0.240 e. The third kappa shape index (κ3) is 2.82. The van der Waals surface area contributed by atoms with Crippen LogP contribution in [0.1, 0.15) is 18.9 Å². The molecule has 0 aromatic heterocycles. The second kappa shape index (κ2) is 5.67. The minimum absolute atomic E-state index is 0.0593. The molecule has 98 valence electrons. The highest BCUT2D eigenvalue weighted by atomic mass is 35.5. The highest BCUT2D eigenvalue weighted by Crippen LogP contribution is 2.20. The van der Waals surface area contributed by atoms with Crippen molar-refractivity contribution in [3.8, 4) is 0 Å². The Morgan fingerprint density at radius 3 is 3.06 bits per heavy atom. The van der Waals surface area contributed by atoms with Crippen molar-refractivity contribution in [1.82, 2.24) is 10.2 Å². The molecule has 0 spiro atoms. The molecule has 0 bridgehead atoms. The topological polar surface area (TPSA) is 32.3 Å². The summed E-state index contributed by atoms with van der Waals surface area (Å²) in [6, 6.07) is 4.10. The molecule has 1 saturated heterocycles. The van der Waals surface area contributed by atoms with Gasteiger partial charge >= 0.3 is 0 Å². The molecule has 0 radical (unpaired) electrons. The van der Waals surface area contributed by atoms with E-state index < -0.39 is 0 Å². The van der Waals surface area contributed by atoms with Crippen LogP contribution in [0, 0.1) is 5.82 Å². The number of benzene rings is 1. The van der Waals surface area contributed by atoms with Gasteiger partial charge in [-0.1, -0.05) is 18.5 Å². The molecule has 1 heterocycles. The Kier molecular flexibility index (Phi) is 4.19. The zero-order valence-electron chi connectivity index (χ0n) is 10.2. The summed E-state index contributed by atoms with van der Waals surface area (Å²) in [5.74, 6) is -0.270. The van der Waals surface area contributed by atoms with Gasteiger partial charge in [-0.05, 0) is 30.2 Å². The van der Waals surface area contributed by atoms with E-state index in [2.05, 4.69) is 5.32 Å². The predicted molar refractivity (Wildman–Crippen MR) is 68.9 cm³/mol. The second-order valence-electron chi connectivity index (χ2n) is 4.41. The normalized spacial score (nSPS) is 20.3. The minimum Gasteiger partial charge on any atom is -0.336 e. The van der Waals surface area contributed by atoms with Gasteiger partial charge < -0.3 is 10.2 Å². The number of rotatable bonds is 3. The van der Waals surface area contributed by atoms with Crippen molar-refractivity contribution < 1.29 is 9.18 Å². The lowest BCUT2D eigenvalue weighted by Crippen LogP contribution is -2.54. The van der Waals surface area contributed by atoms with Crippen molar-refractivity contribution in [2.45, 2.75) is 25.9 Å². The molecule has 18 heavy (non-hydrogen) atoms. The molecule has 1 aromatic rings. The van der Waals surface area contributed by atoms with Gasteiger partial charge in [-0.3, -0.25) is 4.79 Å². The lowest BCUT2D eigenvalue weighted by Gasteiger charge is -2.33. The first kappa shape index (κ1) is 13.3. The number of carbonyl (C=O) groups excluding carboxylic acids is 1. The average molecular weight is 271 g/mol. The quantitative estimate of drug-likeness (QED) is 0.913. The Morgan fingerprint density at radius 1 is 1.56 bits per heavy atom. The first-order chi connectivity index (χ1) is 8.61. The van der Waals surface area contributed by atoms with Crippen molar-refractivity contribution in [1.29, 1.82) is 0 Å². The number of nitrogens with one attached hydrogen (secondary N) is 1. The smallest absolute Gasteiger partial charge is 0.240 e. The van der Waals surface area contributed by atoms with Gasteiger partial charge in [0.1, 0.15) is 5.82 Å². The SMILES string of the molecule is CCC1NCCN(Cc2cc(F)ccc2Cl)C1=O. The summed E-state index contributed by atoms with van der Waals surface area (Å²) in [5.41, 5.74) is 0.654. The fourth-order valence-corrected chi connectivity index (χ4v) is 2.31. The van der Waals surface area contributed by atoms with Crippen LogP contribution < -0.4 is 5.32 Å². The van der Waals surface area contributed by atoms with E-state index in [-0.39, 0.29) is 17.8 Å². The Hall–Kier alpha value is -1.13. The molecule has 1 fully saturated rings. The van der Waals surface area contributed by atoms with E-state index in [1.807, 2.05) is 6.92 Å². The molecular weight excluding hydrogens is 255 g/mol. The van der Waals surface area contributed by atoms with Gasteiger partial charge in [-0.15, -0.1) is 0 Å². The highest BCUT2D eigenvalue weighted by Gasteiger charge is 2.27. The number of nitrogens with zero attached hydrogens (tertiary/aromatic N) is 1. The maximum atomic E-state index is 13.2. The summed E-state index contributed by atoms with van der Waals surface area (Å²) in [6.45, 7) is 3.72. The fourth-order valence-electron chi connectivity index (χ4n) is 2.14. The number of hydrogen-bond donors (Lipinski definition) is 1. The van der Waals surface area contributed by atoms with Gasteiger partial charge in [0.05, 0.1) is 6.04 Å². The molecule has 2 rings (SSSR count). The van der Waals surface area contributed by atoms with Gasteiger partial charge in [0.15, 0.2) is 0 Å². The molecule has 5 heteroatoms. The maximum absolute atomic E-state index is 13.2. The van der Waals surface area contributed by atoms with Crippen molar-refractivity contribution in [3.05, 3.63) is 34.6 Å². The summed E-state index contributed by atoms with van der Waals surface area (Å²) in [4.78, 5) is 13.8. The summed E-state index contributed by atoms with van der Waals surface area (Å²) < 4.78 is 13.2. The lowest BCUT2D eigenvalue weighted by molar-refractivity contribution is -0.136. The molecule has 0 aliphatic carbocycles. The number of carbonyl (C=O) groups is 1. The molecule has 1 atom stereocenters. The van der Waals surface area contributed by atoms with Crippen molar-refractivity contribution in [3.63, 3.8) is 0 Å². The first-order valence-corrected chi connectivity index (χ1v) is 6.45. The van der Waals surface area contributed by atoms with Gasteiger partial charge in [0.2, 0.25) is 5.91 Å². The van der Waals surface area contributed by atoms with Gasteiger partial charge in [-0.25, -0.2) is 4.39 Å². The van der Waals surface area contributed by atoms with E-state index in [1.54, 1.807) is 4.90 Å². The summed E-state index contributed by atoms with van der Waals surface area (Å²) in [5, 5.41) is 3.66. The van der Waals surface area contributed by atoms with Gasteiger partial charge in [-0.2, -0.15) is 0 Å². The zero-order valence-corrected chi connectivity index (χ0v) is 11.0. The number of halogens is 2. The Balaban J connectivity index is 2.13. The average Bonchev–Trinajstić information content (AvgIpc) is 2.36. The largest absolute Gasteiger partial charge is 0.336 e. The third-order valence-electron chi connectivity index (χ3n) is 3.16. The van der Waals surface area contributed by atoms with Gasteiger partial charge in [0.25, 0.3) is 0 Å². The van der Waals surface area contributed by atoms with E-state index >= 15 is 0 Å². The highest BCUT2D eigenvalue weighted by molar-refractivity contribution is 6.31. The molecule has 1 amide bonds. The van der Waals surface area contributed by atoms with Crippen LogP contribution in [0.25, 0.3) is 0 Å². The predicted octanol–water partition coefficient (Wildman–Crippen LogP) is 2.19. The monoisotopic (exact) mass is 270 g/mol. The number of piperazine rings is 1. The molecule has 1 aliphatic rings. The minimum atomic E-state index is -0.330. The van der Waals surface area contributed by atoms with Crippen molar-refractivity contribution in [2.75, 3.05) is 13.1 Å². The number of amides is 1. The van der Waals surface area contributed by atoms with Crippen LogP contribution in [0.5, 0.6) is 0 Å². The Morgan fingerprint density at radius 2 is 2.33 bits per heavy atom. The van der Waals surface area contributed by atoms with Crippen LogP contribution in [0.15, 0.2) is 18.2 Å². The van der Waals surface area contributed by atoms with Crippen molar-refractivity contribution >= 4 is 17.5 Å². The van der Waals surface area contributed by atoms with Crippen LogP contribution in [0.3, 0.4) is 0 Å². The van der Waals surface area contributed by atoms with Crippen LogP contribution in [0.4, 0.5) is 4.39 Å². The molecule has 1 aromatic carbocycles. The lowest BCUT2D eigenvalue weighted by atomic mass is 10.1. The molecule has 0 saturated carbocycles. The van der Waals surface area contributed by atoms with E-state index in [4.69, 9.17) is 11.6 Å². The molecule has 1 aliphatic heterocycles. The Bertz CT molecular complexity index is 453. The third-order valence-corrected chi connectivity index (χ3v) is 3.53. The fraction of sp³-hybridized carbons (Fsp3) is 0.462. The van der Waals surface area contributed by atoms with E-state index in [0.717, 1.165) is 13.0 Å². The summed E-state index contributed by atoms with van der Waals surface area (Å²) in [7, 11) is 0. The van der Waals surface area contributed by atoms with Crippen LogP contribution in [-0.2, 0) is 11.3 Å². The molecule has 1 unspecified atom stereocenters. The van der Waals surface area contributed by atoms with Crippen LogP contribution in [-0.4, -0.2) is 29.9 Å². The molecular formula is C13H16ClFN2O. The molecule has 3 nitrogen and oxygen atoms in total. The van der Waals surface area contributed by atoms with E-state index in [0.29, 0.717) is 23.7 Å². The second-order valence-corrected chi connectivity index (χ2v) is 4.82. The van der Waals surface area contributed by atoms with Crippen LogP contribution in [0.2, 0.25) is 5.02 Å². The van der Waals surface area contributed by atoms with Gasteiger partial charge in [0, 0.05) is 24.7 Å². The first-order valence-electron chi connectivity index (χ1n) is 6.08. The summed E-state index contributed by atoms with van der Waals surface area (Å²) in [6.07, 6.45) is 0.756. The summed E-state index contributed by atoms with van der Waals surface area (Å²) >= 11 is 6.01. The molecule has 1 N–H and O–H groups in total. The van der Waals surface area contributed by atoms with E-state index in [9.17, 15) is 9.18 Å². The van der Waals surface area contributed by atoms with Crippen molar-refractivity contribution in [2.24, 2.45) is 0 Å². The van der Waals surface area contributed by atoms with E-state index in [1.165, 1.54) is 18.2 Å².